The van der Waals surface area contributed by atoms with Crippen LogP contribution in [0.5, 0.6) is 5.75 Å². The van der Waals surface area contributed by atoms with Crippen LogP contribution in [0.3, 0.4) is 0 Å². The highest BCUT2D eigenvalue weighted by Gasteiger charge is 2.08. The average molecular weight is 291 g/mol. The molecule has 0 fully saturated rings. The number of hydrogen-bond donors (Lipinski definition) is 1. The second-order valence-electron chi connectivity index (χ2n) is 4.71. The molecule has 0 atom stereocenters. The number of hydrogen-bond acceptors (Lipinski definition) is 4. The van der Waals surface area contributed by atoms with Crippen LogP contribution in [0.15, 0.2) is 23.6 Å². The summed E-state index contributed by atoms with van der Waals surface area (Å²) in [5.41, 5.74) is 2.50. The minimum absolute atomic E-state index is 0.125. The Bertz CT molecular complexity index is 587. The number of thiazole rings is 1. The Balaban J connectivity index is 1.79. The van der Waals surface area contributed by atoms with E-state index in [1.165, 1.54) is 22.5 Å². The minimum atomic E-state index is -0.973. The molecule has 4 nitrogen and oxygen atoms in total. The lowest BCUT2D eigenvalue weighted by molar-refractivity contribution is 0.0691. The van der Waals surface area contributed by atoms with Crippen LogP contribution in [0, 0.1) is 13.8 Å². The van der Waals surface area contributed by atoms with E-state index in [-0.39, 0.29) is 5.69 Å². The summed E-state index contributed by atoms with van der Waals surface area (Å²) in [4.78, 5) is 14.8. The smallest absolute Gasteiger partial charge is 0.355 e. The van der Waals surface area contributed by atoms with Gasteiger partial charge in [-0.05, 0) is 43.5 Å². The molecule has 0 radical (unpaired) electrons. The molecule has 0 saturated heterocycles. The summed E-state index contributed by atoms with van der Waals surface area (Å²) >= 11 is 1.38. The molecule has 0 amide bonds. The van der Waals surface area contributed by atoms with Gasteiger partial charge in [0.05, 0.1) is 11.6 Å². The first-order valence-electron chi connectivity index (χ1n) is 6.43. The van der Waals surface area contributed by atoms with Crippen LogP contribution >= 0.6 is 11.3 Å². The van der Waals surface area contributed by atoms with Crippen LogP contribution in [0.2, 0.25) is 0 Å². The molecule has 0 saturated carbocycles. The fourth-order valence-electron chi connectivity index (χ4n) is 1.95. The molecule has 20 heavy (non-hydrogen) atoms. The van der Waals surface area contributed by atoms with Crippen molar-refractivity contribution in [2.45, 2.75) is 26.7 Å². The first-order chi connectivity index (χ1) is 9.54. The molecule has 106 valence electrons. The summed E-state index contributed by atoms with van der Waals surface area (Å²) in [6.45, 7) is 4.69. The molecule has 1 N–H and O–H groups in total. The SMILES string of the molecule is Cc1cc(C)cc(OCCCc2nc(C(=O)O)cs2)c1. The van der Waals surface area contributed by atoms with Gasteiger partial charge in [-0.15, -0.1) is 11.3 Å². The zero-order valence-electron chi connectivity index (χ0n) is 11.5. The number of carboxylic acids is 1. The van der Waals surface area contributed by atoms with Gasteiger partial charge in [0.2, 0.25) is 0 Å². The largest absolute Gasteiger partial charge is 0.494 e. The molecule has 1 heterocycles. The van der Waals surface area contributed by atoms with Crippen LogP contribution < -0.4 is 4.74 Å². The first-order valence-corrected chi connectivity index (χ1v) is 7.31. The molecule has 2 aromatic rings. The number of rotatable bonds is 6. The van der Waals surface area contributed by atoms with Gasteiger partial charge in [0, 0.05) is 11.8 Å². The molecule has 0 spiro atoms. The van der Waals surface area contributed by atoms with Gasteiger partial charge in [-0.3, -0.25) is 0 Å². The van der Waals surface area contributed by atoms with Crippen molar-refractivity contribution in [3.8, 4) is 5.75 Å². The Morgan fingerprint density at radius 2 is 2.00 bits per heavy atom. The number of nitrogens with zero attached hydrogens (tertiary/aromatic N) is 1. The second kappa shape index (κ2) is 6.52. The van der Waals surface area contributed by atoms with Crippen LogP contribution in [0.1, 0.15) is 33.0 Å². The van der Waals surface area contributed by atoms with E-state index >= 15 is 0 Å². The number of aromatic carboxylic acids is 1. The first kappa shape index (κ1) is 14.5. The van der Waals surface area contributed by atoms with Gasteiger partial charge < -0.3 is 9.84 Å². The average Bonchev–Trinajstić information content (AvgIpc) is 2.82. The summed E-state index contributed by atoms with van der Waals surface area (Å²) in [5.74, 6) is -0.0909. The number of ether oxygens (including phenoxy) is 1. The van der Waals surface area contributed by atoms with Crippen molar-refractivity contribution in [1.29, 1.82) is 0 Å². The van der Waals surface area contributed by atoms with Gasteiger partial charge in [0.25, 0.3) is 0 Å². The number of carbonyl (C=O) groups is 1. The fourth-order valence-corrected chi connectivity index (χ4v) is 2.77. The lowest BCUT2D eigenvalue weighted by Crippen LogP contribution is -2.01. The molecule has 1 aromatic heterocycles. The van der Waals surface area contributed by atoms with Gasteiger partial charge in [-0.25, -0.2) is 9.78 Å². The quantitative estimate of drug-likeness (QED) is 0.828. The lowest BCUT2D eigenvalue weighted by atomic mass is 10.1. The van der Waals surface area contributed by atoms with Crippen LogP contribution in [0.25, 0.3) is 0 Å². The number of aryl methyl sites for hydroxylation is 3. The second-order valence-corrected chi connectivity index (χ2v) is 5.65. The lowest BCUT2D eigenvalue weighted by Gasteiger charge is -2.07. The Morgan fingerprint density at radius 3 is 2.60 bits per heavy atom. The monoisotopic (exact) mass is 291 g/mol. The Morgan fingerprint density at radius 1 is 1.30 bits per heavy atom. The van der Waals surface area contributed by atoms with E-state index < -0.39 is 5.97 Å². The number of benzene rings is 1. The van der Waals surface area contributed by atoms with Crippen LogP contribution in [-0.2, 0) is 6.42 Å². The normalized spacial score (nSPS) is 10.5. The third kappa shape index (κ3) is 4.06. The maximum Gasteiger partial charge on any atom is 0.355 e. The van der Waals surface area contributed by atoms with Crippen molar-refractivity contribution >= 4 is 17.3 Å². The van der Waals surface area contributed by atoms with Crippen molar-refractivity contribution in [1.82, 2.24) is 4.98 Å². The predicted octanol–water partition coefficient (Wildman–Crippen LogP) is 3.47. The highest BCUT2D eigenvalue weighted by molar-refractivity contribution is 7.09. The summed E-state index contributed by atoms with van der Waals surface area (Å²) in [7, 11) is 0. The van der Waals surface area contributed by atoms with Crippen LogP contribution in [-0.4, -0.2) is 22.7 Å². The zero-order chi connectivity index (χ0) is 14.5. The Kier molecular flexibility index (Phi) is 4.74. The Labute approximate surface area is 122 Å². The molecule has 0 aliphatic carbocycles. The van der Waals surface area contributed by atoms with Crippen LogP contribution in [0.4, 0.5) is 0 Å². The molecule has 0 aliphatic rings. The summed E-state index contributed by atoms with van der Waals surface area (Å²) in [5, 5.41) is 11.2. The van der Waals surface area contributed by atoms with E-state index in [1.807, 2.05) is 26.0 Å². The Hall–Kier alpha value is -1.88. The van der Waals surface area contributed by atoms with Gasteiger partial charge in [0.1, 0.15) is 5.75 Å². The van der Waals surface area contributed by atoms with Crippen molar-refractivity contribution in [3.63, 3.8) is 0 Å². The molecule has 0 aliphatic heterocycles. The maximum absolute atomic E-state index is 10.7. The minimum Gasteiger partial charge on any atom is -0.494 e. The van der Waals surface area contributed by atoms with Gasteiger partial charge in [-0.1, -0.05) is 6.07 Å². The van der Waals surface area contributed by atoms with E-state index in [0.717, 1.165) is 23.6 Å². The molecule has 1 aromatic carbocycles. The number of aromatic nitrogens is 1. The maximum atomic E-state index is 10.7. The van der Waals surface area contributed by atoms with Crippen molar-refractivity contribution in [2.75, 3.05) is 6.61 Å². The van der Waals surface area contributed by atoms with Crippen molar-refractivity contribution in [3.05, 3.63) is 45.4 Å². The van der Waals surface area contributed by atoms with Crippen molar-refractivity contribution < 1.29 is 14.6 Å². The van der Waals surface area contributed by atoms with E-state index in [2.05, 4.69) is 11.1 Å². The summed E-state index contributed by atoms with van der Waals surface area (Å²) < 4.78 is 5.70. The molecule has 5 heteroatoms. The fraction of sp³-hybridized carbons (Fsp3) is 0.333. The summed E-state index contributed by atoms with van der Waals surface area (Å²) in [6.07, 6.45) is 1.56. The molecule has 2 rings (SSSR count). The van der Waals surface area contributed by atoms with Gasteiger partial charge in [-0.2, -0.15) is 0 Å². The third-order valence-electron chi connectivity index (χ3n) is 2.77. The third-order valence-corrected chi connectivity index (χ3v) is 3.68. The summed E-state index contributed by atoms with van der Waals surface area (Å²) in [6, 6.07) is 6.13. The molecule has 0 unspecified atom stereocenters. The highest BCUT2D eigenvalue weighted by atomic mass is 32.1. The number of carboxylic acid groups (broad SMARTS) is 1. The predicted molar refractivity (Wildman–Crippen MR) is 78.8 cm³/mol. The highest BCUT2D eigenvalue weighted by Crippen LogP contribution is 2.17. The van der Waals surface area contributed by atoms with E-state index in [0.29, 0.717) is 6.61 Å². The van der Waals surface area contributed by atoms with E-state index in [1.54, 1.807) is 5.38 Å². The van der Waals surface area contributed by atoms with Crippen molar-refractivity contribution in [2.24, 2.45) is 0 Å². The standard InChI is InChI=1S/C15H17NO3S/c1-10-6-11(2)8-12(7-10)19-5-3-4-14-16-13(9-20-14)15(17)18/h6-9H,3-5H2,1-2H3,(H,17,18). The zero-order valence-corrected chi connectivity index (χ0v) is 12.4. The topological polar surface area (TPSA) is 59.4 Å². The molecular formula is C15H17NO3S. The van der Waals surface area contributed by atoms with E-state index in [4.69, 9.17) is 9.84 Å². The van der Waals surface area contributed by atoms with E-state index in [9.17, 15) is 4.79 Å². The molecular weight excluding hydrogens is 274 g/mol. The van der Waals surface area contributed by atoms with Gasteiger partial charge >= 0.3 is 5.97 Å². The van der Waals surface area contributed by atoms with Gasteiger partial charge in [0.15, 0.2) is 5.69 Å². The molecule has 0 bridgehead atoms.